The molecule has 9 heteroatoms. The third kappa shape index (κ3) is 5.50. The predicted molar refractivity (Wildman–Crippen MR) is 113 cm³/mol. The number of aryl methyl sites for hydroxylation is 1. The number of nitrogens with one attached hydrogen (secondary N) is 1. The second-order valence-corrected chi connectivity index (χ2v) is 8.13. The summed E-state index contributed by atoms with van der Waals surface area (Å²) >= 11 is 0. The summed E-state index contributed by atoms with van der Waals surface area (Å²) in [7, 11) is -3.80. The number of aromatic nitrogens is 2. The van der Waals surface area contributed by atoms with Crippen LogP contribution in [0.4, 0.5) is 17.5 Å². The lowest BCUT2D eigenvalue weighted by Gasteiger charge is -2.10. The van der Waals surface area contributed by atoms with E-state index in [0.29, 0.717) is 17.1 Å². The fourth-order valence-corrected chi connectivity index (χ4v) is 3.41. The van der Waals surface area contributed by atoms with Crippen molar-refractivity contribution in [1.29, 1.82) is 0 Å². The van der Waals surface area contributed by atoms with Gasteiger partial charge in [-0.2, -0.15) is 4.98 Å². The van der Waals surface area contributed by atoms with E-state index in [1.165, 1.54) is 17.7 Å². The Kier molecular flexibility index (Phi) is 6.42. The average Bonchev–Trinajstić information content (AvgIpc) is 2.69. The minimum absolute atomic E-state index is 0.00818. The van der Waals surface area contributed by atoms with Gasteiger partial charge in [-0.25, -0.2) is 18.5 Å². The number of nitrogens with zero attached hydrogens (tertiary/aromatic N) is 2. The Balaban J connectivity index is 1.75. The van der Waals surface area contributed by atoms with Crippen LogP contribution in [-0.2, 0) is 16.4 Å². The summed E-state index contributed by atoms with van der Waals surface area (Å²) in [6, 6.07) is 14.0. The third-order valence-electron chi connectivity index (χ3n) is 4.38. The summed E-state index contributed by atoms with van der Waals surface area (Å²) in [6.07, 6.45) is 4.26. The van der Waals surface area contributed by atoms with Crippen LogP contribution in [0.3, 0.4) is 0 Å². The standard InChI is InChI=1S/C20H23N5O3S/c21-19-18(15-9-7-14(8-10-15)4-1-2-11-26)13-23-20(25-19)24-16-5-3-6-17(12-16)29(22,27)28/h3,5-10,12-13,26H,1-2,4,11H2,(H2,22,27,28)(H3,21,23,24,25). The van der Waals surface area contributed by atoms with E-state index in [1.54, 1.807) is 18.3 Å². The van der Waals surface area contributed by atoms with Gasteiger partial charge in [-0.3, -0.25) is 0 Å². The number of nitrogens with two attached hydrogens (primary N) is 2. The Morgan fingerprint density at radius 3 is 2.48 bits per heavy atom. The molecule has 29 heavy (non-hydrogen) atoms. The van der Waals surface area contributed by atoms with Crippen LogP contribution in [0.2, 0.25) is 0 Å². The molecule has 1 aromatic heterocycles. The zero-order chi connectivity index (χ0) is 20.9. The quantitative estimate of drug-likeness (QED) is 0.415. The Labute approximate surface area is 169 Å². The van der Waals surface area contributed by atoms with Crippen molar-refractivity contribution in [2.75, 3.05) is 17.7 Å². The molecule has 0 aliphatic heterocycles. The van der Waals surface area contributed by atoms with Crippen LogP contribution in [0, 0.1) is 0 Å². The number of sulfonamides is 1. The fraction of sp³-hybridized carbons (Fsp3) is 0.200. The molecule has 152 valence electrons. The molecule has 6 N–H and O–H groups in total. The summed E-state index contributed by atoms with van der Waals surface area (Å²) in [5.74, 6) is 0.552. The Bertz CT molecular complexity index is 1090. The van der Waals surface area contributed by atoms with Crippen molar-refractivity contribution in [2.45, 2.75) is 24.2 Å². The number of primary sulfonamides is 1. The van der Waals surface area contributed by atoms with Gasteiger partial charge in [0.2, 0.25) is 16.0 Å². The minimum atomic E-state index is -3.80. The van der Waals surface area contributed by atoms with Crippen molar-refractivity contribution in [3.8, 4) is 11.1 Å². The molecule has 0 unspecified atom stereocenters. The smallest absolute Gasteiger partial charge is 0.238 e. The first-order chi connectivity index (χ1) is 13.9. The van der Waals surface area contributed by atoms with E-state index < -0.39 is 10.0 Å². The van der Waals surface area contributed by atoms with Crippen molar-refractivity contribution >= 4 is 27.5 Å². The normalized spacial score (nSPS) is 11.4. The molecule has 8 nitrogen and oxygen atoms in total. The molecule has 0 aliphatic rings. The van der Waals surface area contributed by atoms with E-state index in [0.717, 1.165) is 24.8 Å². The van der Waals surface area contributed by atoms with Gasteiger partial charge in [0.15, 0.2) is 0 Å². The van der Waals surface area contributed by atoms with Crippen molar-refractivity contribution in [3.05, 3.63) is 60.3 Å². The monoisotopic (exact) mass is 413 g/mol. The molecule has 2 aromatic carbocycles. The van der Waals surface area contributed by atoms with Gasteiger partial charge < -0.3 is 16.2 Å². The highest BCUT2D eigenvalue weighted by Gasteiger charge is 2.10. The van der Waals surface area contributed by atoms with Crippen molar-refractivity contribution < 1.29 is 13.5 Å². The predicted octanol–water partition coefficient (Wildman–Crippen LogP) is 2.43. The van der Waals surface area contributed by atoms with Gasteiger partial charge in [0.05, 0.1) is 4.90 Å². The number of hydrogen-bond donors (Lipinski definition) is 4. The summed E-state index contributed by atoms with van der Waals surface area (Å²) in [4.78, 5) is 8.53. The first-order valence-corrected chi connectivity index (χ1v) is 10.6. The molecule has 0 radical (unpaired) electrons. The molecule has 0 atom stereocenters. The largest absolute Gasteiger partial charge is 0.396 e. The lowest BCUT2D eigenvalue weighted by molar-refractivity contribution is 0.284. The van der Waals surface area contributed by atoms with Crippen LogP contribution in [0.25, 0.3) is 11.1 Å². The fourth-order valence-electron chi connectivity index (χ4n) is 2.85. The van der Waals surface area contributed by atoms with Gasteiger partial charge in [0.25, 0.3) is 0 Å². The molecule has 1 heterocycles. The second kappa shape index (κ2) is 8.99. The SMILES string of the molecule is Nc1nc(Nc2cccc(S(N)(=O)=O)c2)ncc1-c1ccc(CCCCO)cc1. The maximum Gasteiger partial charge on any atom is 0.238 e. The first kappa shape index (κ1) is 20.7. The molecule has 0 saturated heterocycles. The molecule has 0 bridgehead atoms. The molecule has 0 spiro atoms. The van der Waals surface area contributed by atoms with Crippen LogP contribution >= 0.6 is 0 Å². The topological polar surface area (TPSA) is 144 Å². The first-order valence-electron chi connectivity index (χ1n) is 9.09. The number of anilines is 3. The number of nitrogen functional groups attached to an aromatic ring is 1. The highest BCUT2D eigenvalue weighted by molar-refractivity contribution is 7.89. The summed E-state index contributed by atoms with van der Waals surface area (Å²) in [5.41, 5.74) is 9.38. The summed E-state index contributed by atoms with van der Waals surface area (Å²) in [6.45, 7) is 0.207. The lowest BCUT2D eigenvalue weighted by atomic mass is 10.0. The molecule has 0 saturated carbocycles. The number of aliphatic hydroxyl groups is 1. The van der Waals surface area contributed by atoms with E-state index in [2.05, 4.69) is 15.3 Å². The average molecular weight is 414 g/mol. The molecule has 3 aromatic rings. The highest BCUT2D eigenvalue weighted by Crippen LogP contribution is 2.26. The van der Waals surface area contributed by atoms with E-state index in [1.807, 2.05) is 24.3 Å². The number of rotatable bonds is 8. The third-order valence-corrected chi connectivity index (χ3v) is 5.29. The number of unbranched alkanes of at least 4 members (excludes halogenated alkanes) is 1. The molecule has 0 fully saturated rings. The molecular weight excluding hydrogens is 390 g/mol. The summed E-state index contributed by atoms with van der Waals surface area (Å²) in [5, 5.41) is 17.0. The van der Waals surface area contributed by atoms with Crippen LogP contribution in [0.15, 0.2) is 59.6 Å². The van der Waals surface area contributed by atoms with Crippen LogP contribution in [-0.4, -0.2) is 30.1 Å². The molecular formula is C20H23N5O3S. The van der Waals surface area contributed by atoms with Gasteiger partial charge in [0.1, 0.15) is 5.82 Å². The minimum Gasteiger partial charge on any atom is -0.396 e. The molecule has 0 amide bonds. The van der Waals surface area contributed by atoms with Crippen molar-refractivity contribution in [1.82, 2.24) is 9.97 Å². The van der Waals surface area contributed by atoms with Crippen molar-refractivity contribution in [2.24, 2.45) is 5.14 Å². The van der Waals surface area contributed by atoms with E-state index in [-0.39, 0.29) is 17.5 Å². The van der Waals surface area contributed by atoms with Crippen LogP contribution < -0.4 is 16.2 Å². The Morgan fingerprint density at radius 1 is 1.07 bits per heavy atom. The highest BCUT2D eigenvalue weighted by atomic mass is 32.2. The van der Waals surface area contributed by atoms with E-state index in [9.17, 15) is 8.42 Å². The van der Waals surface area contributed by atoms with Gasteiger partial charge in [-0.05, 0) is 48.6 Å². The van der Waals surface area contributed by atoms with Gasteiger partial charge >= 0.3 is 0 Å². The van der Waals surface area contributed by atoms with Gasteiger partial charge in [-0.1, -0.05) is 30.3 Å². The van der Waals surface area contributed by atoms with Crippen LogP contribution in [0.5, 0.6) is 0 Å². The van der Waals surface area contributed by atoms with Crippen molar-refractivity contribution in [3.63, 3.8) is 0 Å². The maximum atomic E-state index is 11.5. The zero-order valence-corrected chi connectivity index (χ0v) is 16.6. The zero-order valence-electron chi connectivity index (χ0n) is 15.7. The van der Waals surface area contributed by atoms with E-state index >= 15 is 0 Å². The van der Waals surface area contributed by atoms with Gasteiger partial charge in [-0.15, -0.1) is 0 Å². The molecule has 3 rings (SSSR count). The van der Waals surface area contributed by atoms with Gasteiger partial charge in [0, 0.05) is 24.1 Å². The Hall–Kier alpha value is -3.01. The summed E-state index contributed by atoms with van der Waals surface area (Å²) < 4.78 is 23.0. The maximum absolute atomic E-state index is 11.5. The lowest BCUT2D eigenvalue weighted by Crippen LogP contribution is -2.12. The number of benzene rings is 2. The molecule has 0 aliphatic carbocycles. The second-order valence-electron chi connectivity index (χ2n) is 6.57. The number of hydrogen-bond acceptors (Lipinski definition) is 7. The van der Waals surface area contributed by atoms with E-state index in [4.69, 9.17) is 16.0 Å². The van der Waals surface area contributed by atoms with Crippen LogP contribution in [0.1, 0.15) is 18.4 Å². The number of aliphatic hydroxyl groups excluding tert-OH is 1. The Morgan fingerprint density at radius 2 is 1.83 bits per heavy atom.